The molecule has 0 bridgehead atoms. The van der Waals surface area contributed by atoms with E-state index in [0.29, 0.717) is 11.8 Å². The van der Waals surface area contributed by atoms with Crippen molar-refractivity contribution in [1.82, 2.24) is 15.0 Å². The first-order valence-corrected chi connectivity index (χ1v) is 25.5. The molecule has 7 heteroatoms. The molecular formula is C57H58FIrN3OSi. The number of benzene rings is 5. The molecule has 0 aliphatic heterocycles. The number of rotatable bonds is 8. The number of aryl methyl sites for hydroxylation is 2. The number of pyridine rings is 3. The van der Waals surface area contributed by atoms with Crippen LogP contribution in [0.3, 0.4) is 0 Å². The van der Waals surface area contributed by atoms with Crippen molar-refractivity contribution in [1.29, 1.82) is 0 Å². The molecule has 9 rings (SSSR count). The van der Waals surface area contributed by atoms with Gasteiger partial charge < -0.3 is 4.42 Å². The minimum absolute atomic E-state index is 0. The molecule has 0 fully saturated rings. The first-order valence-electron chi connectivity index (χ1n) is 22.0. The summed E-state index contributed by atoms with van der Waals surface area (Å²) in [6, 6.07) is 48.2. The minimum Gasteiger partial charge on any atom is -0.455 e. The standard InChI is InChI=1S/C27H22FNO.C17H23NSi.C13H13N.Ir/c1-16(2)24-14-25(29-15-17(24)3)23-6-4-5-22-21-12-9-19(13-26(21)30-27(22)23)18-7-10-20(28)11-8-18;1-13(2)15-11-16(14-9-7-6-8-10-14)18-12-17(15)19(3,4)5;1-2-11-8-9-14-13(10-11)12-6-4-3-5-7-12;/h4-16H,1-3H3;6-13H,1-5H3;3-10H,2H2,1H3;. The van der Waals surface area contributed by atoms with E-state index in [1.54, 1.807) is 12.1 Å². The first-order chi connectivity index (χ1) is 30.3. The van der Waals surface area contributed by atoms with Crippen molar-refractivity contribution in [2.45, 2.75) is 79.4 Å². The molecule has 5 aromatic carbocycles. The van der Waals surface area contributed by atoms with Crippen molar-refractivity contribution in [3.05, 3.63) is 192 Å². The van der Waals surface area contributed by atoms with Gasteiger partial charge in [0, 0.05) is 66.2 Å². The number of hydrogen-bond acceptors (Lipinski definition) is 4. The van der Waals surface area contributed by atoms with E-state index in [1.807, 2.05) is 42.7 Å². The van der Waals surface area contributed by atoms with Crippen LogP contribution < -0.4 is 5.19 Å². The summed E-state index contributed by atoms with van der Waals surface area (Å²) in [6.45, 7) is 20.4. The second-order valence-electron chi connectivity index (χ2n) is 17.8. The van der Waals surface area contributed by atoms with Crippen LogP contribution in [0.25, 0.3) is 66.8 Å². The number of halogens is 1. The van der Waals surface area contributed by atoms with Crippen molar-refractivity contribution in [2.24, 2.45) is 0 Å². The monoisotopic (exact) mass is 1040 g/mol. The van der Waals surface area contributed by atoms with Crippen molar-refractivity contribution in [3.8, 4) is 44.9 Å². The smallest absolute Gasteiger partial charge is 0.144 e. The number of para-hydroxylation sites is 1. The van der Waals surface area contributed by atoms with Crippen LogP contribution in [0.15, 0.2) is 169 Å². The van der Waals surface area contributed by atoms with Gasteiger partial charge in [-0.1, -0.05) is 145 Å². The molecular weight excluding hydrogens is 982 g/mol. The van der Waals surface area contributed by atoms with Gasteiger partial charge in [0.05, 0.1) is 25.2 Å². The molecule has 0 N–H and O–H groups in total. The Kier molecular flexibility index (Phi) is 15.8. The number of aromatic nitrogens is 3. The number of furan rings is 1. The van der Waals surface area contributed by atoms with Crippen molar-refractivity contribution in [3.63, 3.8) is 0 Å². The van der Waals surface area contributed by atoms with E-state index < -0.39 is 8.07 Å². The average molecular weight is 1040 g/mol. The van der Waals surface area contributed by atoms with E-state index in [0.717, 1.165) is 62.1 Å². The van der Waals surface area contributed by atoms with E-state index in [4.69, 9.17) is 9.40 Å². The number of fused-ring (bicyclic) bond motifs is 3. The fraction of sp³-hybridized carbons (Fsp3) is 0.211. The van der Waals surface area contributed by atoms with Crippen molar-refractivity contribution >= 4 is 35.2 Å². The third-order valence-electron chi connectivity index (χ3n) is 11.5. The maximum absolute atomic E-state index is 13.3. The Balaban J connectivity index is 0.000000172. The van der Waals surface area contributed by atoms with E-state index in [2.05, 4.69) is 168 Å². The van der Waals surface area contributed by atoms with Crippen LogP contribution in [-0.2, 0) is 26.5 Å². The normalized spacial score (nSPS) is 11.2. The molecule has 1 radical (unpaired) electrons. The third-order valence-corrected chi connectivity index (χ3v) is 13.5. The van der Waals surface area contributed by atoms with Crippen LogP contribution in [0.4, 0.5) is 4.39 Å². The van der Waals surface area contributed by atoms with E-state index >= 15 is 0 Å². The summed E-state index contributed by atoms with van der Waals surface area (Å²) in [5.74, 6) is 0.742. The van der Waals surface area contributed by atoms with Crippen LogP contribution in [0.2, 0.25) is 19.6 Å². The van der Waals surface area contributed by atoms with Crippen molar-refractivity contribution < 1.29 is 28.9 Å². The predicted molar refractivity (Wildman–Crippen MR) is 267 cm³/mol. The van der Waals surface area contributed by atoms with Gasteiger partial charge in [-0.2, -0.15) is 0 Å². The van der Waals surface area contributed by atoms with Gasteiger partial charge in [-0.05, 0) is 118 Å². The fourth-order valence-corrected chi connectivity index (χ4v) is 9.61. The van der Waals surface area contributed by atoms with E-state index in [1.165, 1.54) is 50.7 Å². The van der Waals surface area contributed by atoms with Gasteiger partial charge in [-0.3, -0.25) is 15.0 Å². The summed E-state index contributed by atoms with van der Waals surface area (Å²) in [6.07, 6.45) is 6.99. The predicted octanol–water partition coefficient (Wildman–Crippen LogP) is 15.6. The molecule has 0 aliphatic rings. The Labute approximate surface area is 393 Å². The summed E-state index contributed by atoms with van der Waals surface area (Å²) in [4.78, 5) is 13.7. The van der Waals surface area contributed by atoms with Gasteiger partial charge in [0.15, 0.2) is 0 Å². The molecule has 4 heterocycles. The molecule has 0 unspecified atom stereocenters. The van der Waals surface area contributed by atoms with Gasteiger partial charge in [-0.25, -0.2) is 4.39 Å². The van der Waals surface area contributed by atoms with Crippen LogP contribution in [0.5, 0.6) is 0 Å². The Morgan fingerprint density at radius 3 is 1.77 bits per heavy atom. The first kappa shape index (κ1) is 47.6. The summed E-state index contributed by atoms with van der Waals surface area (Å²) in [5.41, 5.74) is 15.4. The summed E-state index contributed by atoms with van der Waals surface area (Å²) >= 11 is 0. The zero-order valence-corrected chi connectivity index (χ0v) is 41.8. The molecule has 9 aromatic rings. The molecule has 64 heavy (non-hydrogen) atoms. The number of nitrogens with zero attached hydrogens (tertiary/aromatic N) is 3. The van der Waals surface area contributed by atoms with Crippen LogP contribution >= 0.6 is 0 Å². The van der Waals surface area contributed by atoms with Crippen molar-refractivity contribution in [2.75, 3.05) is 0 Å². The SMILES string of the molecule is CC(C)c1cc(-c2ccccc2)ncc1[Si](C)(C)C.CCc1ccnc(-c2ccccc2)c1.Cc1cnc(-c2cccc3c2oc2cc(-c4ccc(F)cc4)ccc23)cc1C(C)C.[Ir]. The maximum Gasteiger partial charge on any atom is 0.144 e. The summed E-state index contributed by atoms with van der Waals surface area (Å²) < 4.78 is 19.6. The van der Waals surface area contributed by atoms with Crippen LogP contribution in [0, 0.1) is 12.7 Å². The largest absolute Gasteiger partial charge is 0.455 e. The molecule has 0 amide bonds. The van der Waals surface area contributed by atoms with Crippen LogP contribution in [-0.4, -0.2) is 23.0 Å². The Morgan fingerprint density at radius 2 is 1.16 bits per heavy atom. The third kappa shape index (κ3) is 11.3. The molecule has 0 spiro atoms. The molecule has 4 aromatic heterocycles. The quantitative estimate of drug-likeness (QED) is 0.142. The molecule has 0 saturated heterocycles. The summed E-state index contributed by atoms with van der Waals surface area (Å²) in [5, 5.41) is 3.62. The van der Waals surface area contributed by atoms with Gasteiger partial charge in [0.25, 0.3) is 0 Å². The Bertz CT molecular complexity index is 2940. The molecule has 0 saturated carbocycles. The number of hydrogen-bond donors (Lipinski definition) is 0. The van der Waals surface area contributed by atoms with Crippen LogP contribution in [0.1, 0.15) is 68.7 Å². The zero-order valence-electron chi connectivity index (χ0n) is 38.4. The topological polar surface area (TPSA) is 51.8 Å². The maximum atomic E-state index is 13.3. The second kappa shape index (κ2) is 21.2. The van der Waals surface area contributed by atoms with Gasteiger partial charge in [0.1, 0.15) is 17.0 Å². The van der Waals surface area contributed by atoms with E-state index in [-0.39, 0.29) is 25.9 Å². The zero-order chi connectivity index (χ0) is 44.7. The Morgan fingerprint density at radius 1 is 0.562 bits per heavy atom. The minimum atomic E-state index is -1.33. The molecule has 4 nitrogen and oxygen atoms in total. The molecule has 0 atom stereocenters. The van der Waals surface area contributed by atoms with Gasteiger partial charge in [0.2, 0.25) is 0 Å². The van der Waals surface area contributed by atoms with E-state index in [9.17, 15) is 4.39 Å². The second-order valence-corrected chi connectivity index (χ2v) is 22.8. The van der Waals surface area contributed by atoms with Gasteiger partial charge in [-0.15, -0.1) is 0 Å². The van der Waals surface area contributed by atoms with Gasteiger partial charge >= 0.3 is 0 Å². The Hall–Kier alpha value is -5.85. The summed E-state index contributed by atoms with van der Waals surface area (Å²) in [7, 11) is -1.33. The fourth-order valence-electron chi connectivity index (χ4n) is 7.93. The average Bonchev–Trinajstić information content (AvgIpc) is 3.68. The molecule has 0 aliphatic carbocycles. The molecule has 327 valence electrons.